The Morgan fingerprint density at radius 3 is 3.00 bits per heavy atom. The van der Waals surface area contributed by atoms with Gasteiger partial charge < -0.3 is 5.32 Å². The average molecular weight is 327 g/mol. The van der Waals surface area contributed by atoms with Crippen LogP contribution in [-0.4, -0.2) is 34.2 Å². The Morgan fingerprint density at radius 1 is 1.26 bits per heavy atom. The van der Waals surface area contributed by atoms with Gasteiger partial charge in [-0.1, -0.05) is 12.1 Å². The SMILES string of the molecule is O=C(Nc1ncc(C2CCNCC2)s1)c1cccc2cn[nH]c12. The van der Waals surface area contributed by atoms with Gasteiger partial charge in [0.1, 0.15) is 0 Å². The van der Waals surface area contributed by atoms with Gasteiger partial charge in [0.2, 0.25) is 0 Å². The van der Waals surface area contributed by atoms with Crippen molar-refractivity contribution in [3.63, 3.8) is 0 Å². The van der Waals surface area contributed by atoms with Crippen LogP contribution in [0, 0.1) is 0 Å². The zero-order chi connectivity index (χ0) is 15.6. The fourth-order valence-electron chi connectivity index (χ4n) is 2.96. The van der Waals surface area contributed by atoms with Crippen LogP contribution in [0.25, 0.3) is 10.9 Å². The topological polar surface area (TPSA) is 82.7 Å². The number of nitrogens with zero attached hydrogens (tertiary/aromatic N) is 2. The van der Waals surface area contributed by atoms with Gasteiger partial charge in [-0.25, -0.2) is 4.98 Å². The zero-order valence-electron chi connectivity index (χ0n) is 12.5. The minimum atomic E-state index is -0.161. The van der Waals surface area contributed by atoms with Gasteiger partial charge in [0.05, 0.1) is 17.3 Å². The first kappa shape index (κ1) is 14.3. The third-order valence-corrected chi connectivity index (χ3v) is 5.28. The highest BCUT2D eigenvalue weighted by Crippen LogP contribution is 2.32. The molecule has 1 fully saturated rings. The van der Waals surface area contributed by atoms with Gasteiger partial charge in [0.25, 0.3) is 5.91 Å². The molecule has 1 aliphatic heterocycles. The van der Waals surface area contributed by atoms with E-state index in [9.17, 15) is 4.79 Å². The molecule has 0 bridgehead atoms. The summed E-state index contributed by atoms with van der Waals surface area (Å²) in [4.78, 5) is 18.1. The van der Waals surface area contributed by atoms with E-state index in [0.29, 0.717) is 16.6 Å². The van der Waals surface area contributed by atoms with E-state index in [2.05, 4.69) is 25.8 Å². The minimum absolute atomic E-state index is 0.161. The van der Waals surface area contributed by atoms with E-state index in [1.165, 1.54) is 4.88 Å². The number of benzene rings is 1. The van der Waals surface area contributed by atoms with Crippen LogP contribution < -0.4 is 10.6 Å². The molecule has 0 unspecified atom stereocenters. The molecule has 1 aliphatic rings. The summed E-state index contributed by atoms with van der Waals surface area (Å²) in [6.07, 6.45) is 5.86. The van der Waals surface area contributed by atoms with Crippen LogP contribution in [0.3, 0.4) is 0 Å². The highest BCUT2D eigenvalue weighted by Gasteiger charge is 2.19. The second kappa shape index (κ2) is 6.10. The van der Waals surface area contributed by atoms with Crippen molar-refractivity contribution in [2.75, 3.05) is 18.4 Å². The number of aromatic amines is 1. The highest BCUT2D eigenvalue weighted by atomic mass is 32.1. The summed E-state index contributed by atoms with van der Waals surface area (Å²) in [5, 5.41) is 14.7. The van der Waals surface area contributed by atoms with Crippen LogP contribution in [-0.2, 0) is 0 Å². The fraction of sp³-hybridized carbons (Fsp3) is 0.312. The summed E-state index contributed by atoms with van der Waals surface area (Å²) in [6.45, 7) is 2.10. The van der Waals surface area contributed by atoms with E-state index in [-0.39, 0.29) is 5.91 Å². The molecule has 3 N–H and O–H groups in total. The Bertz CT molecular complexity index is 834. The molecule has 7 heteroatoms. The fourth-order valence-corrected chi connectivity index (χ4v) is 3.94. The molecule has 3 heterocycles. The number of rotatable bonds is 3. The molecule has 1 saturated heterocycles. The molecular weight excluding hydrogens is 310 g/mol. The maximum atomic E-state index is 12.5. The Labute approximate surface area is 137 Å². The first-order valence-corrected chi connectivity index (χ1v) is 8.53. The maximum absolute atomic E-state index is 12.5. The Morgan fingerprint density at radius 2 is 2.13 bits per heavy atom. The zero-order valence-corrected chi connectivity index (χ0v) is 13.3. The monoisotopic (exact) mass is 327 g/mol. The predicted octanol–water partition coefficient (Wildman–Crippen LogP) is 2.74. The lowest BCUT2D eigenvalue weighted by molar-refractivity contribution is 0.102. The van der Waals surface area contributed by atoms with E-state index in [1.54, 1.807) is 23.6 Å². The summed E-state index contributed by atoms with van der Waals surface area (Å²) >= 11 is 1.57. The second-order valence-corrected chi connectivity index (χ2v) is 6.75. The number of fused-ring (bicyclic) bond motifs is 1. The maximum Gasteiger partial charge on any atom is 0.259 e. The summed E-state index contributed by atoms with van der Waals surface area (Å²) in [7, 11) is 0. The van der Waals surface area contributed by atoms with E-state index in [4.69, 9.17) is 0 Å². The van der Waals surface area contributed by atoms with Crippen LogP contribution in [0.2, 0.25) is 0 Å². The van der Waals surface area contributed by atoms with Crippen molar-refractivity contribution in [1.82, 2.24) is 20.5 Å². The van der Waals surface area contributed by atoms with Crippen LogP contribution in [0.1, 0.15) is 34.0 Å². The van der Waals surface area contributed by atoms with Gasteiger partial charge in [-0.3, -0.25) is 15.2 Å². The van der Waals surface area contributed by atoms with Crippen molar-refractivity contribution in [2.24, 2.45) is 0 Å². The standard InChI is InChI=1S/C16H17N5OS/c22-15(12-3-1-2-11-8-19-21-14(11)12)20-16-18-9-13(23-16)10-4-6-17-7-5-10/h1-3,8-10,17H,4-7H2,(H,19,21)(H,18,20,22). The molecule has 0 spiro atoms. The van der Waals surface area contributed by atoms with Gasteiger partial charge in [-0.2, -0.15) is 5.10 Å². The van der Waals surface area contributed by atoms with Crippen LogP contribution in [0.5, 0.6) is 0 Å². The molecule has 6 nitrogen and oxygen atoms in total. The van der Waals surface area contributed by atoms with E-state index in [0.717, 1.165) is 36.8 Å². The number of thiazole rings is 1. The van der Waals surface area contributed by atoms with Crippen LogP contribution in [0.15, 0.2) is 30.6 Å². The Balaban J connectivity index is 1.52. The van der Waals surface area contributed by atoms with E-state index in [1.807, 2.05) is 18.3 Å². The van der Waals surface area contributed by atoms with Gasteiger partial charge >= 0.3 is 0 Å². The lowest BCUT2D eigenvalue weighted by Gasteiger charge is -2.20. The Hall–Kier alpha value is -2.25. The lowest BCUT2D eigenvalue weighted by atomic mass is 9.97. The first-order chi connectivity index (χ1) is 11.3. The van der Waals surface area contributed by atoms with Crippen LogP contribution in [0.4, 0.5) is 5.13 Å². The molecule has 23 heavy (non-hydrogen) atoms. The number of nitrogens with one attached hydrogen (secondary N) is 3. The number of anilines is 1. The van der Waals surface area contributed by atoms with Gasteiger partial charge in [-0.15, -0.1) is 11.3 Å². The average Bonchev–Trinajstić information content (AvgIpc) is 3.24. The number of carbonyl (C=O) groups excluding carboxylic acids is 1. The van der Waals surface area contributed by atoms with Gasteiger partial charge in [-0.05, 0) is 37.9 Å². The smallest absolute Gasteiger partial charge is 0.259 e. The molecule has 0 saturated carbocycles. The normalized spacial score (nSPS) is 15.8. The Kier molecular flexibility index (Phi) is 3.80. The molecule has 1 aromatic carbocycles. The molecule has 1 amide bonds. The molecule has 2 aromatic heterocycles. The number of amides is 1. The van der Waals surface area contributed by atoms with Gasteiger partial charge in [0.15, 0.2) is 5.13 Å². The van der Waals surface area contributed by atoms with Crippen molar-refractivity contribution in [2.45, 2.75) is 18.8 Å². The number of H-pyrrole nitrogens is 1. The highest BCUT2D eigenvalue weighted by molar-refractivity contribution is 7.15. The summed E-state index contributed by atoms with van der Waals surface area (Å²) in [5.41, 5.74) is 1.33. The minimum Gasteiger partial charge on any atom is -0.317 e. The molecule has 4 rings (SSSR count). The van der Waals surface area contributed by atoms with Crippen molar-refractivity contribution >= 4 is 33.3 Å². The largest absolute Gasteiger partial charge is 0.317 e. The molecule has 0 atom stereocenters. The molecule has 0 aliphatic carbocycles. The van der Waals surface area contributed by atoms with E-state index < -0.39 is 0 Å². The molecule has 0 radical (unpaired) electrons. The van der Waals surface area contributed by atoms with Gasteiger partial charge in [0, 0.05) is 16.5 Å². The predicted molar refractivity (Wildman–Crippen MR) is 91.0 cm³/mol. The van der Waals surface area contributed by atoms with E-state index >= 15 is 0 Å². The summed E-state index contributed by atoms with van der Waals surface area (Å²) in [5.74, 6) is 0.390. The third kappa shape index (κ3) is 2.85. The first-order valence-electron chi connectivity index (χ1n) is 7.71. The number of hydrogen-bond donors (Lipinski definition) is 3. The summed E-state index contributed by atoms with van der Waals surface area (Å²) in [6, 6.07) is 5.57. The molecule has 118 valence electrons. The quantitative estimate of drug-likeness (QED) is 0.691. The number of carbonyl (C=O) groups is 1. The number of aromatic nitrogens is 3. The van der Waals surface area contributed by atoms with Crippen molar-refractivity contribution in [3.8, 4) is 0 Å². The second-order valence-electron chi connectivity index (χ2n) is 5.69. The van der Waals surface area contributed by atoms with Crippen molar-refractivity contribution in [1.29, 1.82) is 0 Å². The molecule has 3 aromatic rings. The van der Waals surface area contributed by atoms with Crippen molar-refractivity contribution < 1.29 is 4.79 Å². The number of para-hydroxylation sites is 1. The van der Waals surface area contributed by atoms with Crippen molar-refractivity contribution in [3.05, 3.63) is 41.0 Å². The third-order valence-electron chi connectivity index (χ3n) is 4.21. The summed E-state index contributed by atoms with van der Waals surface area (Å²) < 4.78 is 0. The lowest BCUT2D eigenvalue weighted by Crippen LogP contribution is -2.26. The number of piperidine rings is 1. The molecular formula is C16H17N5OS. The van der Waals surface area contributed by atoms with Crippen LogP contribution >= 0.6 is 11.3 Å². The number of hydrogen-bond acceptors (Lipinski definition) is 5.